The Morgan fingerprint density at radius 1 is 1.14 bits per heavy atom. The monoisotopic (exact) mass is 377 g/mol. The van der Waals surface area contributed by atoms with E-state index >= 15 is 0 Å². The Bertz CT molecular complexity index is 1080. The quantitative estimate of drug-likeness (QED) is 0.688. The fourth-order valence-electron chi connectivity index (χ4n) is 3.44. The number of carbonyl (C=O) groups is 3. The van der Waals surface area contributed by atoms with Gasteiger partial charge >= 0.3 is 0 Å². The second-order valence-electron chi connectivity index (χ2n) is 6.76. The van der Waals surface area contributed by atoms with Gasteiger partial charge in [-0.25, -0.2) is 4.98 Å². The summed E-state index contributed by atoms with van der Waals surface area (Å²) in [4.78, 5) is 42.4. The lowest BCUT2D eigenvalue weighted by atomic mass is 10.1. The number of pyridine rings is 1. The fraction of sp³-hybridized carbons (Fsp3) is 0.250. The Hall–Kier alpha value is -3.55. The molecule has 4 rings (SSSR count). The fourth-order valence-corrected chi connectivity index (χ4v) is 3.44. The maximum atomic E-state index is 12.3. The van der Waals surface area contributed by atoms with Crippen molar-refractivity contribution in [2.45, 2.75) is 19.8 Å². The number of hydrogen-bond donors (Lipinski definition) is 1. The molecule has 0 saturated heterocycles. The van der Waals surface area contributed by atoms with Gasteiger partial charge in [-0.2, -0.15) is 5.10 Å². The van der Waals surface area contributed by atoms with Crippen LogP contribution in [0.1, 0.15) is 39.3 Å². The Balaban J connectivity index is 1.35. The molecular weight excluding hydrogens is 358 g/mol. The number of rotatable bonds is 5. The average Bonchev–Trinajstić information content (AvgIpc) is 3.10. The first-order valence-corrected chi connectivity index (χ1v) is 9.00. The van der Waals surface area contributed by atoms with Gasteiger partial charge in [-0.3, -0.25) is 24.0 Å². The summed E-state index contributed by atoms with van der Waals surface area (Å²) < 4.78 is 1.69. The maximum absolute atomic E-state index is 12.3. The van der Waals surface area contributed by atoms with Crippen molar-refractivity contribution in [2.24, 2.45) is 7.05 Å². The molecule has 0 unspecified atom stereocenters. The molecule has 0 spiro atoms. The van der Waals surface area contributed by atoms with Gasteiger partial charge in [-0.15, -0.1) is 0 Å². The van der Waals surface area contributed by atoms with Gasteiger partial charge in [0.15, 0.2) is 5.65 Å². The van der Waals surface area contributed by atoms with Gasteiger partial charge in [0.1, 0.15) is 0 Å². The predicted octanol–water partition coefficient (Wildman–Crippen LogP) is 2.29. The summed E-state index contributed by atoms with van der Waals surface area (Å²) in [5, 5.41) is 8.00. The van der Waals surface area contributed by atoms with Crippen LogP contribution in [-0.2, 0) is 11.8 Å². The summed E-state index contributed by atoms with van der Waals surface area (Å²) in [6.45, 7) is 2.09. The topological polar surface area (TPSA) is 97.2 Å². The van der Waals surface area contributed by atoms with Crippen molar-refractivity contribution in [3.8, 4) is 0 Å². The molecule has 3 heterocycles. The van der Waals surface area contributed by atoms with Gasteiger partial charge in [0.25, 0.3) is 11.8 Å². The third-order valence-electron chi connectivity index (χ3n) is 4.81. The third-order valence-corrected chi connectivity index (χ3v) is 4.81. The van der Waals surface area contributed by atoms with Crippen LogP contribution >= 0.6 is 0 Å². The van der Waals surface area contributed by atoms with E-state index in [4.69, 9.17) is 0 Å². The second kappa shape index (κ2) is 6.88. The summed E-state index contributed by atoms with van der Waals surface area (Å²) >= 11 is 0. The molecular formula is C20H19N5O3. The second-order valence-corrected chi connectivity index (χ2v) is 6.76. The molecule has 0 fully saturated rings. The average molecular weight is 377 g/mol. The van der Waals surface area contributed by atoms with Crippen molar-refractivity contribution < 1.29 is 14.4 Å². The first-order valence-electron chi connectivity index (χ1n) is 9.00. The summed E-state index contributed by atoms with van der Waals surface area (Å²) in [6, 6.07) is 8.59. The van der Waals surface area contributed by atoms with E-state index in [2.05, 4.69) is 15.4 Å². The van der Waals surface area contributed by atoms with Crippen molar-refractivity contribution in [2.75, 3.05) is 11.9 Å². The number of amides is 3. The highest BCUT2D eigenvalue weighted by Gasteiger charge is 2.34. The molecule has 142 valence electrons. The minimum atomic E-state index is -0.303. The molecule has 0 saturated carbocycles. The number of anilines is 1. The van der Waals surface area contributed by atoms with Crippen LogP contribution in [0.3, 0.4) is 0 Å². The van der Waals surface area contributed by atoms with Crippen LogP contribution in [0.2, 0.25) is 0 Å². The summed E-state index contributed by atoms with van der Waals surface area (Å²) in [5.41, 5.74) is 3.02. The van der Waals surface area contributed by atoms with E-state index in [1.165, 1.54) is 4.90 Å². The van der Waals surface area contributed by atoms with Gasteiger partial charge in [-0.1, -0.05) is 12.1 Å². The molecule has 3 amide bonds. The third kappa shape index (κ3) is 3.02. The molecule has 1 aliphatic heterocycles. The molecule has 1 aliphatic rings. The molecule has 8 nitrogen and oxygen atoms in total. The lowest BCUT2D eigenvalue weighted by Gasteiger charge is -2.13. The Morgan fingerprint density at radius 3 is 2.50 bits per heavy atom. The zero-order valence-corrected chi connectivity index (χ0v) is 15.6. The molecule has 2 aromatic heterocycles. The number of imide groups is 1. The van der Waals surface area contributed by atoms with Crippen LogP contribution in [0.25, 0.3) is 11.0 Å². The Morgan fingerprint density at radius 2 is 1.82 bits per heavy atom. The molecule has 3 aromatic rings. The van der Waals surface area contributed by atoms with Crippen LogP contribution in [0.5, 0.6) is 0 Å². The lowest BCUT2D eigenvalue weighted by Crippen LogP contribution is -2.31. The summed E-state index contributed by atoms with van der Waals surface area (Å²) in [5.74, 6) is -0.801. The number of nitrogens with one attached hydrogen (secondary N) is 1. The van der Waals surface area contributed by atoms with E-state index in [1.807, 2.05) is 20.0 Å². The highest BCUT2D eigenvalue weighted by molar-refractivity contribution is 6.21. The van der Waals surface area contributed by atoms with E-state index in [9.17, 15) is 14.4 Å². The van der Waals surface area contributed by atoms with E-state index in [0.29, 0.717) is 23.2 Å². The van der Waals surface area contributed by atoms with Crippen molar-refractivity contribution in [1.29, 1.82) is 0 Å². The van der Waals surface area contributed by atoms with Gasteiger partial charge < -0.3 is 5.32 Å². The summed E-state index contributed by atoms with van der Waals surface area (Å²) in [7, 11) is 1.82. The molecule has 28 heavy (non-hydrogen) atoms. The smallest absolute Gasteiger partial charge is 0.261 e. The van der Waals surface area contributed by atoms with Gasteiger partial charge in [0.05, 0.1) is 28.7 Å². The Labute approximate surface area is 161 Å². The normalized spacial score (nSPS) is 13.3. The summed E-state index contributed by atoms with van der Waals surface area (Å²) in [6.07, 6.45) is 2.17. The highest BCUT2D eigenvalue weighted by Crippen LogP contribution is 2.23. The molecule has 0 radical (unpaired) electrons. The lowest BCUT2D eigenvalue weighted by molar-refractivity contribution is -0.116. The van der Waals surface area contributed by atoms with Gasteiger partial charge in [0.2, 0.25) is 5.91 Å². The van der Waals surface area contributed by atoms with Crippen molar-refractivity contribution >= 4 is 34.4 Å². The number of fused-ring (bicyclic) bond motifs is 2. The maximum Gasteiger partial charge on any atom is 0.261 e. The minimum absolute atomic E-state index is 0.192. The number of aryl methyl sites for hydroxylation is 2. The zero-order valence-electron chi connectivity index (χ0n) is 15.6. The van der Waals surface area contributed by atoms with E-state index in [1.54, 1.807) is 35.1 Å². The number of nitrogens with zero attached hydrogens (tertiary/aromatic N) is 4. The first kappa shape index (κ1) is 17.8. The number of benzene rings is 1. The van der Waals surface area contributed by atoms with Crippen LogP contribution in [-0.4, -0.2) is 43.9 Å². The van der Waals surface area contributed by atoms with Crippen molar-refractivity contribution in [3.63, 3.8) is 0 Å². The number of carbonyl (C=O) groups excluding carboxylic acids is 3. The van der Waals surface area contributed by atoms with Gasteiger partial charge in [-0.05, 0) is 31.5 Å². The largest absolute Gasteiger partial charge is 0.325 e. The first-order chi connectivity index (χ1) is 13.5. The highest BCUT2D eigenvalue weighted by atomic mass is 16.2. The van der Waals surface area contributed by atoms with E-state index < -0.39 is 0 Å². The molecule has 8 heteroatoms. The van der Waals surface area contributed by atoms with E-state index in [0.717, 1.165) is 16.7 Å². The van der Waals surface area contributed by atoms with Crippen molar-refractivity contribution in [1.82, 2.24) is 19.7 Å². The van der Waals surface area contributed by atoms with Crippen LogP contribution in [0.4, 0.5) is 5.69 Å². The van der Waals surface area contributed by atoms with Crippen LogP contribution in [0, 0.1) is 6.92 Å². The minimum Gasteiger partial charge on any atom is -0.325 e. The Kier molecular flexibility index (Phi) is 4.38. The SMILES string of the molecule is Cc1nn(C)c2ncc(NC(=O)CCCN3C(=O)c4ccccc4C3=O)cc12. The molecule has 0 aliphatic carbocycles. The molecule has 0 bridgehead atoms. The molecule has 1 N–H and O–H groups in total. The number of aromatic nitrogens is 3. The standard InChI is InChI=1S/C20H19N5O3/c1-12-16-10-13(11-21-18(16)24(2)23-12)22-17(26)8-5-9-25-19(27)14-6-3-4-7-15(14)20(25)28/h3-4,6-7,10-11H,5,8-9H2,1-2H3,(H,22,26). The van der Waals surface area contributed by atoms with Crippen LogP contribution < -0.4 is 5.32 Å². The zero-order chi connectivity index (χ0) is 19.8. The molecule has 1 aromatic carbocycles. The molecule has 0 atom stereocenters. The van der Waals surface area contributed by atoms with Crippen LogP contribution in [0.15, 0.2) is 36.5 Å². The van der Waals surface area contributed by atoms with Crippen molar-refractivity contribution in [3.05, 3.63) is 53.3 Å². The van der Waals surface area contributed by atoms with Gasteiger partial charge in [0, 0.05) is 25.4 Å². The number of hydrogen-bond acceptors (Lipinski definition) is 5. The van der Waals surface area contributed by atoms with E-state index in [-0.39, 0.29) is 30.7 Å². The predicted molar refractivity (Wildman–Crippen MR) is 103 cm³/mol.